The van der Waals surface area contributed by atoms with Crippen LogP contribution in [-0.4, -0.2) is 93.8 Å². The van der Waals surface area contributed by atoms with E-state index < -0.39 is 0 Å². The molecular formula is C32H39N5O4. The Hall–Kier alpha value is -3.92. The van der Waals surface area contributed by atoms with E-state index in [1.807, 2.05) is 36.4 Å². The number of carbonyl (C=O) groups is 2. The molecule has 2 aliphatic heterocycles. The van der Waals surface area contributed by atoms with E-state index in [0.29, 0.717) is 23.5 Å². The number of nitrogens with zero attached hydrogens (tertiary/aromatic N) is 3. The van der Waals surface area contributed by atoms with Crippen molar-refractivity contribution in [3.63, 3.8) is 0 Å². The fourth-order valence-corrected chi connectivity index (χ4v) is 5.17. The molecule has 3 aromatic carbocycles. The summed E-state index contributed by atoms with van der Waals surface area (Å²) in [4.78, 5) is 33.1. The van der Waals surface area contributed by atoms with E-state index in [9.17, 15) is 9.59 Å². The average molecular weight is 558 g/mol. The van der Waals surface area contributed by atoms with Crippen LogP contribution in [0.1, 0.15) is 15.9 Å². The van der Waals surface area contributed by atoms with Crippen molar-refractivity contribution in [2.45, 2.75) is 6.54 Å². The van der Waals surface area contributed by atoms with Gasteiger partial charge in [0.2, 0.25) is 0 Å². The van der Waals surface area contributed by atoms with Crippen LogP contribution in [0, 0.1) is 0 Å². The number of piperazine rings is 1. The minimum atomic E-state index is -0.283. The zero-order chi connectivity index (χ0) is 28.3. The normalized spacial score (nSPS) is 16.2. The van der Waals surface area contributed by atoms with Crippen molar-refractivity contribution >= 4 is 23.2 Å². The molecule has 5 rings (SSSR count). The first-order valence-corrected chi connectivity index (χ1v) is 14.4. The number of benzene rings is 3. The first kappa shape index (κ1) is 28.6. The molecule has 0 aliphatic carbocycles. The maximum Gasteiger partial charge on any atom is 0.262 e. The van der Waals surface area contributed by atoms with E-state index in [0.717, 1.165) is 71.3 Å². The first-order chi connectivity index (χ1) is 20.1. The van der Waals surface area contributed by atoms with Crippen LogP contribution in [0.25, 0.3) is 0 Å². The zero-order valence-electron chi connectivity index (χ0n) is 23.5. The van der Waals surface area contributed by atoms with Crippen LogP contribution in [-0.2, 0) is 16.1 Å². The van der Waals surface area contributed by atoms with Crippen molar-refractivity contribution in [2.75, 3.05) is 82.4 Å². The highest BCUT2D eigenvalue weighted by molar-refractivity contribution is 6.02. The molecule has 0 bridgehead atoms. The van der Waals surface area contributed by atoms with Gasteiger partial charge in [0.25, 0.3) is 11.8 Å². The van der Waals surface area contributed by atoms with Gasteiger partial charge < -0.3 is 25.0 Å². The minimum Gasteiger partial charge on any atom is -0.484 e. The Balaban J connectivity index is 1.23. The number of rotatable bonds is 11. The molecule has 9 heteroatoms. The number of carbonyl (C=O) groups excluding carboxylic acids is 2. The molecule has 2 fully saturated rings. The second-order valence-electron chi connectivity index (χ2n) is 10.3. The number of nitrogens with one attached hydrogen (secondary N) is 2. The van der Waals surface area contributed by atoms with Gasteiger partial charge in [-0.25, -0.2) is 0 Å². The van der Waals surface area contributed by atoms with Crippen molar-refractivity contribution in [1.82, 2.24) is 15.1 Å². The van der Waals surface area contributed by atoms with Gasteiger partial charge in [0.1, 0.15) is 5.75 Å². The molecule has 0 atom stereocenters. The van der Waals surface area contributed by atoms with Gasteiger partial charge in [-0.15, -0.1) is 0 Å². The van der Waals surface area contributed by atoms with Crippen LogP contribution in [0.2, 0.25) is 0 Å². The summed E-state index contributed by atoms with van der Waals surface area (Å²) in [6.45, 7) is 8.77. The van der Waals surface area contributed by atoms with Crippen molar-refractivity contribution in [3.05, 3.63) is 90.0 Å². The Morgan fingerprint density at radius 1 is 0.805 bits per heavy atom. The Kier molecular flexibility index (Phi) is 10.2. The maximum atomic E-state index is 13.5. The number of anilines is 2. The third-order valence-corrected chi connectivity index (χ3v) is 7.42. The topological polar surface area (TPSA) is 86.4 Å². The summed E-state index contributed by atoms with van der Waals surface area (Å²) in [7, 11) is 0. The van der Waals surface area contributed by atoms with E-state index in [-0.39, 0.29) is 18.4 Å². The first-order valence-electron chi connectivity index (χ1n) is 14.4. The van der Waals surface area contributed by atoms with Crippen LogP contribution < -0.4 is 20.3 Å². The highest BCUT2D eigenvalue weighted by atomic mass is 16.5. The largest absolute Gasteiger partial charge is 0.484 e. The van der Waals surface area contributed by atoms with Gasteiger partial charge in [0, 0.05) is 70.3 Å². The Bertz CT molecular complexity index is 1260. The molecule has 0 radical (unpaired) electrons. The summed E-state index contributed by atoms with van der Waals surface area (Å²) >= 11 is 0. The van der Waals surface area contributed by atoms with Crippen LogP contribution in [0.5, 0.6) is 5.75 Å². The number of ether oxygens (including phenoxy) is 2. The second kappa shape index (κ2) is 14.6. The van der Waals surface area contributed by atoms with Crippen LogP contribution in [0.15, 0.2) is 78.9 Å². The Morgan fingerprint density at radius 2 is 1.51 bits per heavy atom. The summed E-state index contributed by atoms with van der Waals surface area (Å²) < 4.78 is 11.0. The smallest absolute Gasteiger partial charge is 0.262 e. The molecule has 3 aromatic rings. The molecule has 0 unspecified atom stereocenters. The SMILES string of the molecule is O=C(COc1ccccc1)Nc1ccc(N2CCN(Cc3ccccc3)CC2)c(C(=O)NCCN2CCOCC2)c1. The highest BCUT2D eigenvalue weighted by Crippen LogP contribution is 2.26. The van der Waals surface area contributed by atoms with E-state index in [4.69, 9.17) is 9.47 Å². The lowest BCUT2D eigenvalue weighted by Gasteiger charge is -2.37. The zero-order valence-corrected chi connectivity index (χ0v) is 23.5. The molecule has 2 aliphatic rings. The monoisotopic (exact) mass is 557 g/mol. The molecule has 2 heterocycles. The number of hydrogen-bond donors (Lipinski definition) is 2. The fourth-order valence-electron chi connectivity index (χ4n) is 5.17. The summed E-state index contributed by atoms with van der Waals surface area (Å²) in [5.41, 5.74) is 3.31. The minimum absolute atomic E-state index is 0.115. The number of para-hydroxylation sites is 1. The van der Waals surface area contributed by atoms with Crippen molar-refractivity contribution in [2.24, 2.45) is 0 Å². The molecule has 2 N–H and O–H groups in total. The summed E-state index contributed by atoms with van der Waals surface area (Å²) in [6, 6.07) is 25.3. The van der Waals surface area contributed by atoms with E-state index in [2.05, 4.69) is 49.6 Å². The van der Waals surface area contributed by atoms with Gasteiger partial charge in [-0.1, -0.05) is 48.5 Å². The second-order valence-corrected chi connectivity index (χ2v) is 10.3. The molecular weight excluding hydrogens is 518 g/mol. The Morgan fingerprint density at radius 3 is 2.24 bits per heavy atom. The predicted octanol–water partition coefficient (Wildman–Crippen LogP) is 3.09. The number of morpholine rings is 1. The maximum absolute atomic E-state index is 13.5. The molecule has 216 valence electrons. The average Bonchev–Trinajstić information content (AvgIpc) is 3.02. The molecule has 0 aromatic heterocycles. The van der Waals surface area contributed by atoms with E-state index in [1.165, 1.54) is 5.56 Å². The van der Waals surface area contributed by atoms with Gasteiger partial charge in [-0.2, -0.15) is 0 Å². The molecule has 0 saturated carbocycles. The van der Waals surface area contributed by atoms with Crippen LogP contribution in [0.3, 0.4) is 0 Å². The molecule has 0 spiro atoms. The lowest BCUT2D eigenvalue weighted by atomic mass is 10.1. The van der Waals surface area contributed by atoms with Crippen LogP contribution in [0.4, 0.5) is 11.4 Å². The quantitative estimate of drug-likeness (QED) is 0.375. The summed E-state index contributed by atoms with van der Waals surface area (Å²) in [6.07, 6.45) is 0. The third-order valence-electron chi connectivity index (χ3n) is 7.42. The van der Waals surface area contributed by atoms with Gasteiger partial charge in [0.15, 0.2) is 6.61 Å². The molecule has 9 nitrogen and oxygen atoms in total. The standard InChI is InChI=1S/C32H39N5O4/c38-31(25-41-28-9-5-2-6-10-28)34-27-11-12-30(29(23-27)32(39)33-13-14-35-19-21-40-22-20-35)37-17-15-36(16-18-37)24-26-7-3-1-4-8-26/h1-12,23H,13-22,24-25H2,(H,33,39)(H,34,38). The van der Waals surface area contributed by atoms with Gasteiger partial charge in [0.05, 0.1) is 18.8 Å². The fraction of sp³-hybridized carbons (Fsp3) is 0.375. The van der Waals surface area contributed by atoms with E-state index in [1.54, 1.807) is 18.2 Å². The molecule has 2 amide bonds. The van der Waals surface area contributed by atoms with Crippen LogP contribution >= 0.6 is 0 Å². The van der Waals surface area contributed by atoms with Gasteiger partial charge in [-0.3, -0.25) is 19.4 Å². The number of hydrogen-bond acceptors (Lipinski definition) is 7. The third kappa shape index (κ3) is 8.53. The van der Waals surface area contributed by atoms with Crippen molar-refractivity contribution in [1.29, 1.82) is 0 Å². The Labute approximate surface area is 242 Å². The van der Waals surface area contributed by atoms with Crippen molar-refractivity contribution in [3.8, 4) is 5.75 Å². The summed E-state index contributed by atoms with van der Waals surface area (Å²) in [5, 5.41) is 5.99. The van der Waals surface area contributed by atoms with Gasteiger partial charge >= 0.3 is 0 Å². The van der Waals surface area contributed by atoms with Gasteiger partial charge in [-0.05, 0) is 35.9 Å². The molecule has 2 saturated heterocycles. The van der Waals surface area contributed by atoms with Crippen molar-refractivity contribution < 1.29 is 19.1 Å². The summed E-state index contributed by atoms with van der Waals surface area (Å²) in [5.74, 6) is 0.205. The lowest BCUT2D eigenvalue weighted by molar-refractivity contribution is -0.118. The van der Waals surface area contributed by atoms with E-state index >= 15 is 0 Å². The molecule has 41 heavy (non-hydrogen) atoms. The highest BCUT2D eigenvalue weighted by Gasteiger charge is 2.23. The number of amides is 2. The predicted molar refractivity (Wildman–Crippen MR) is 161 cm³/mol. The lowest BCUT2D eigenvalue weighted by Crippen LogP contribution is -2.46.